The van der Waals surface area contributed by atoms with Crippen LogP contribution in [0, 0.1) is 0 Å². The van der Waals surface area contributed by atoms with Crippen molar-refractivity contribution in [1.82, 2.24) is 0 Å². The number of hydrogen-bond donors (Lipinski definition) is 0. The molecule has 0 aliphatic rings. The molecule has 5 heteroatoms. The molecule has 1 aromatic rings. The highest BCUT2D eigenvalue weighted by atomic mass is 35.5. The maximum absolute atomic E-state index is 11.7. The number of sulfone groups is 1. The van der Waals surface area contributed by atoms with E-state index in [1.54, 1.807) is 12.1 Å². The predicted octanol–water partition coefficient (Wildman–Crippen LogP) is 2.76. The molecule has 0 saturated carbocycles. The summed E-state index contributed by atoms with van der Waals surface area (Å²) in [4.78, 5) is 11.5. The topological polar surface area (TPSA) is 51.2 Å². The number of benzene rings is 1. The summed E-state index contributed by atoms with van der Waals surface area (Å²) in [5, 5.41) is -0.637. The van der Waals surface area contributed by atoms with Crippen molar-refractivity contribution in [3.8, 4) is 0 Å². The van der Waals surface area contributed by atoms with Crippen molar-refractivity contribution in [1.29, 1.82) is 0 Å². The molecule has 1 rings (SSSR count). The number of aryl methyl sites for hydroxylation is 1. The van der Waals surface area contributed by atoms with Gasteiger partial charge in [-0.05, 0) is 41.6 Å². The maximum Gasteiger partial charge on any atom is 0.252 e. The van der Waals surface area contributed by atoms with Crippen LogP contribution in [-0.2, 0) is 22.7 Å². The van der Waals surface area contributed by atoms with E-state index in [4.69, 9.17) is 11.6 Å². The van der Waals surface area contributed by atoms with E-state index in [9.17, 15) is 13.2 Å². The Morgan fingerprint density at radius 2 is 2.00 bits per heavy atom. The van der Waals surface area contributed by atoms with Crippen LogP contribution in [0.5, 0.6) is 0 Å². The largest absolute Gasteiger partial charge is 0.276 e. The lowest BCUT2D eigenvalue weighted by Crippen LogP contribution is -2.07. The average Bonchev–Trinajstić information content (AvgIpc) is 2.26. The number of carbonyl (C=O) groups is 1. The SMILES string of the molecule is C=CCc1cc(CC)c(C(=O)Cl)cc1S(C)(=O)=O. The summed E-state index contributed by atoms with van der Waals surface area (Å²) in [7, 11) is -3.40. The minimum absolute atomic E-state index is 0.142. The fraction of sp³-hybridized carbons (Fsp3) is 0.308. The Balaban J connectivity index is 3.62. The Morgan fingerprint density at radius 3 is 2.39 bits per heavy atom. The molecule has 0 spiro atoms. The fourth-order valence-electron chi connectivity index (χ4n) is 1.81. The maximum atomic E-state index is 11.7. The molecular weight excluding hydrogens is 272 g/mol. The molecule has 0 N–H and O–H groups in total. The van der Waals surface area contributed by atoms with Gasteiger partial charge in [0.1, 0.15) is 0 Å². The van der Waals surface area contributed by atoms with Crippen LogP contribution in [-0.4, -0.2) is 19.9 Å². The molecule has 0 aliphatic carbocycles. The van der Waals surface area contributed by atoms with Crippen LogP contribution in [0.2, 0.25) is 0 Å². The third-order valence-corrected chi connectivity index (χ3v) is 4.03. The van der Waals surface area contributed by atoms with E-state index in [0.29, 0.717) is 18.4 Å². The quantitative estimate of drug-likeness (QED) is 0.618. The van der Waals surface area contributed by atoms with Crippen molar-refractivity contribution in [2.24, 2.45) is 0 Å². The molecule has 18 heavy (non-hydrogen) atoms. The van der Waals surface area contributed by atoms with Gasteiger partial charge in [0.2, 0.25) is 0 Å². The van der Waals surface area contributed by atoms with Gasteiger partial charge in [0.25, 0.3) is 5.24 Å². The highest BCUT2D eigenvalue weighted by Gasteiger charge is 2.18. The van der Waals surface area contributed by atoms with Crippen molar-refractivity contribution in [2.75, 3.05) is 6.26 Å². The van der Waals surface area contributed by atoms with Gasteiger partial charge in [-0.3, -0.25) is 4.79 Å². The van der Waals surface area contributed by atoms with E-state index in [2.05, 4.69) is 6.58 Å². The molecule has 1 aromatic carbocycles. The second-order valence-electron chi connectivity index (χ2n) is 4.01. The Kier molecular flexibility index (Phi) is 4.71. The molecule has 0 amide bonds. The summed E-state index contributed by atoms with van der Waals surface area (Å²) in [6.07, 6.45) is 3.79. The average molecular weight is 287 g/mol. The van der Waals surface area contributed by atoms with Crippen molar-refractivity contribution in [3.05, 3.63) is 41.5 Å². The Labute approximate surface area is 112 Å². The van der Waals surface area contributed by atoms with E-state index in [1.807, 2.05) is 6.92 Å². The summed E-state index contributed by atoms with van der Waals surface area (Å²) >= 11 is 5.48. The second kappa shape index (κ2) is 5.67. The Bertz CT molecular complexity index is 588. The number of hydrogen-bond acceptors (Lipinski definition) is 3. The number of rotatable bonds is 5. The smallest absolute Gasteiger partial charge is 0.252 e. The van der Waals surface area contributed by atoms with Crippen LogP contribution in [0.15, 0.2) is 29.7 Å². The fourth-order valence-corrected chi connectivity index (χ4v) is 2.94. The standard InChI is InChI=1S/C13H15ClO3S/c1-4-6-10-7-9(5-2)11(13(14)15)8-12(10)18(3,16)17/h4,7-8H,1,5-6H2,2-3H3. The molecule has 0 heterocycles. The molecule has 0 aromatic heterocycles. The lowest BCUT2D eigenvalue weighted by atomic mass is 10.0. The molecular formula is C13H15ClO3S. The lowest BCUT2D eigenvalue weighted by molar-refractivity contribution is 0.108. The van der Waals surface area contributed by atoms with Gasteiger partial charge in [-0.15, -0.1) is 6.58 Å². The first-order valence-electron chi connectivity index (χ1n) is 5.47. The Morgan fingerprint density at radius 1 is 1.39 bits per heavy atom. The number of halogens is 1. The van der Waals surface area contributed by atoms with Crippen LogP contribution in [0.25, 0.3) is 0 Å². The zero-order chi connectivity index (χ0) is 13.9. The normalized spacial score (nSPS) is 11.3. The monoisotopic (exact) mass is 286 g/mol. The highest BCUT2D eigenvalue weighted by Crippen LogP contribution is 2.24. The highest BCUT2D eigenvalue weighted by molar-refractivity contribution is 7.90. The van der Waals surface area contributed by atoms with Crippen molar-refractivity contribution < 1.29 is 13.2 Å². The first-order chi connectivity index (χ1) is 8.31. The van der Waals surface area contributed by atoms with Crippen LogP contribution in [0.4, 0.5) is 0 Å². The minimum atomic E-state index is -3.40. The van der Waals surface area contributed by atoms with Crippen LogP contribution < -0.4 is 0 Å². The van der Waals surface area contributed by atoms with Gasteiger partial charge < -0.3 is 0 Å². The molecule has 0 radical (unpaired) electrons. The number of allylic oxidation sites excluding steroid dienone is 1. The first-order valence-corrected chi connectivity index (χ1v) is 7.74. The zero-order valence-corrected chi connectivity index (χ0v) is 11.9. The van der Waals surface area contributed by atoms with E-state index in [0.717, 1.165) is 11.8 Å². The van der Waals surface area contributed by atoms with Crippen molar-refractivity contribution in [3.63, 3.8) is 0 Å². The summed E-state index contributed by atoms with van der Waals surface area (Å²) in [6, 6.07) is 3.08. The summed E-state index contributed by atoms with van der Waals surface area (Å²) in [5.74, 6) is 0. The molecule has 0 saturated heterocycles. The molecule has 0 fully saturated rings. The van der Waals surface area contributed by atoms with Gasteiger partial charge in [-0.25, -0.2) is 8.42 Å². The first kappa shape index (κ1) is 14.9. The van der Waals surface area contributed by atoms with Crippen molar-refractivity contribution in [2.45, 2.75) is 24.7 Å². The second-order valence-corrected chi connectivity index (χ2v) is 6.34. The molecule has 98 valence electrons. The van der Waals surface area contributed by atoms with E-state index in [1.165, 1.54) is 6.07 Å². The lowest BCUT2D eigenvalue weighted by Gasteiger charge is -2.11. The zero-order valence-electron chi connectivity index (χ0n) is 10.4. The van der Waals surface area contributed by atoms with Gasteiger partial charge in [-0.1, -0.05) is 19.1 Å². The molecule has 0 unspecified atom stereocenters. The molecule has 0 bridgehead atoms. The minimum Gasteiger partial charge on any atom is -0.276 e. The Hall–Kier alpha value is -1.13. The van der Waals surface area contributed by atoms with Crippen LogP contribution in [0.3, 0.4) is 0 Å². The van der Waals surface area contributed by atoms with Gasteiger partial charge in [0.05, 0.1) is 4.90 Å². The van der Waals surface area contributed by atoms with Gasteiger partial charge >= 0.3 is 0 Å². The third-order valence-electron chi connectivity index (χ3n) is 2.64. The van der Waals surface area contributed by atoms with Crippen molar-refractivity contribution >= 4 is 26.7 Å². The summed E-state index contributed by atoms with van der Waals surface area (Å²) in [5.41, 5.74) is 1.65. The van der Waals surface area contributed by atoms with Crippen LogP contribution >= 0.6 is 11.6 Å². The van der Waals surface area contributed by atoms with Crippen LogP contribution in [0.1, 0.15) is 28.4 Å². The van der Waals surface area contributed by atoms with E-state index in [-0.39, 0.29) is 10.5 Å². The van der Waals surface area contributed by atoms with E-state index >= 15 is 0 Å². The third kappa shape index (κ3) is 3.21. The summed E-state index contributed by atoms with van der Waals surface area (Å²) < 4.78 is 23.4. The molecule has 0 aliphatic heterocycles. The summed E-state index contributed by atoms with van der Waals surface area (Å²) in [6.45, 7) is 5.49. The van der Waals surface area contributed by atoms with E-state index < -0.39 is 15.1 Å². The number of carbonyl (C=O) groups excluding carboxylic acids is 1. The van der Waals surface area contributed by atoms with Gasteiger partial charge in [-0.2, -0.15) is 0 Å². The molecule has 0 atom stereocenters. The van der Waals surface area contributed by atoms with Gasteiger partial charge in [0, 0.05) is 11.8 Å². The molecule has 3 nitrogen and oxygen atoms in total. The predicted molar refractivity (Wildman–Crippen MR) is 73.0 cm³/mol. The van der Waals surface area contributed by atoms with Gasteiger partial charge in [0.15, 0.2) is 9.84 Å².